The summed E-state index contributed by atoms with van der Waals surface area (Å²) in [6, 6.07) is 8.01. The third-order valence-corrected chi connectivity index (χ3v) is 5.48. The molecule has 19 heavy (non-hydrogen) atoms. The van der Waals surface area contributed by atoms with Crippen LogP contribution in [-0.2, 0) is 5.41 Å². The molecule has 0 spiro atoms. The van der Waals surface area contributed by atoms with Crippen molar-refractivity contribution in [3.63, 3.8) is 0 Å². The molecule has 0 radical (unpaired) electrons. The maximum Gasteiger partial charge on any atom is 0.0991 e. The molecule has 0 aliphatic heterocycles. The number of hydrogen-bond acceptors (Lipinski definition) is 2. The predicted octanol–water partition coefficient (Wildman–Crippen LogP) is 3.69. The highest BCUT2D eigenvalue weighted by Gasteiger charge is 2.56. The number of nitriles is 1. The van der Waals surface area contributed by atoms with Crippen LogP contribution in [0, 0.1) is 22.7 Å². The second-order valence-corrected chi connectivity index (χ2v) is 7.10. The number of hydrogen-bond donors (Lipinski definition) is 1. The van der Waals surface area contributed by atoms with Gasteiger partial charge in [0.1, 0.15) is 0 Å². The molecule has 3 rings (SSSR count). The summed E-state index contributed by atoms with van der Waals surface area (Å²) in [5.74, 6) is 0.262. The van der Waals surface area contributed by atoms with Crippen LogP contribution >= 0.6 is 0 Å². The van der Waals surface area contributed by atoms with Crippen LogP contribution in [0.3, 0.4) is 0 Å². The van der Waals surface area contributed by atoms with Gasteiger partial charge in [0, 0.05) is 5.92 Å². The Labute approximate surface area is 115 Å². The first-order chi connectivity index (χ1) is 8.90. The van der Waals surface area contributed by atoms with E-state index < -0.39 is 0 Å². The van der Waals surface area contributed by atoms with Crippen molar-refractivity contribution in [2.45, 2.75) is 51.6 Å². The normalized spacial score (nSPS) is 35.3. The molecule has 1 aromatic rings. The van der Waals surface area contributed by atoms with Crippen LogP contribution < -0.4 is 0 Å². The molecule has 2 heteroatoms. The highest BCUT2D eigenvalue weighted by Crippen LogP contribution is 2.62. The zero-order chi connectivity index (χ0) is 13.8. The minimum absolute atomic E-state index is 0.0172. The Bertz CT molecular complexity index is 569. The summed E-state index contributed by atoms with van der Waals surface area (Å²) >= 11 is 0. The lowest BCUT2D eigenvalue weighted by Gasteiger charge is -2.48. The average Bonchev–Trinajstić information content (AvgIpc) is 2.58. The molecule has 0 heterocycles. The second-order valence-electron chi connectivity index (χ2n) is 7.10. The van der Waals surface area contributed by atoms with Gasteiger partial charge in [-0.05, 0) is 46.9 Å². The zero-order valence-corrected chi connectivity index (χ0v) is 11.9. The second kappa shape index (κ2) is 3.84. The van der Waals surface area contributed by atoms with Crippen molar-refractivity contribution >= 4 is 0 Å². The third-order valence-electron chi connectivity index (χ3n) is 5.48. The van der Waals surface area contributed by atoms with E-state index in [1.807, 2.05) is 18.2 Å². The first kappa shape index (κ1) is 12.7. The van der Waals surface area contributed by atoms with E-state index in [1.165, 1.54) is 18.4 Å². The lowest BCUT2D eigenvalue weighted by atomic mass is 9.56. The molecule has 2 nitrogen and oxygen atoms in total. The van der Waals surface area contributed by atoms with E-state index in [9.17, 15) is 5.11 Å². The van der Waals surface area contributed by atoms with Gasteiger partial charge in [0.05, 0.1) is 17.7 Å². The van der Waals surface area contributed by atoms with Crippen LogP contribution in [0.2, 0.25) is 0 Å². The highest BCUT2D eigenvalue weighted by atomic mass is 16.3. The summed E-state index contributed by atoms with van der Waals surface area (Å²) in [4.78, 5) is 0. The van der Waals surface area contributed by atoms with E-state index in [0.29, 0.717) is 5.56 Å². The van der Waals surface area contributed by atoms with Crippen molar-refractivity contribution in [2.24, 2.45) is 11.3 Å². The van der Waals surface area contributed by atoms with Crippen LogP contribution in [0.5, 0.6) is 0 Å². The van der Waals surface area contributed by atoms with Crippen molar-refractivity contribution in [3.05, 3.63) is 34.9 Å². The number of aliphatic hydroxyl groups is 1. The standard InChI is InChI=1S/C17H21NO/c1-16(2)7-4-8-17(3)13-9-11(10-18)5-6-12(13)14(19)15(16)17/h5-6,9,14-15,19H,4,7-8H2,1-3H3/t14-,15-,17-/m0/s1. The van der Waals surface area contributed by atoms with Crippen molar-refractivity contribution in [3.8, 4) is 6.07 Å². The van der Waals surface area contributed by atoms with Crippen LogP contribution in [0.25, 0.3) is 0 Å². The van der Waals surface area contributed by atoms with Gasteiger partial charge in [-0.15, -0.1) is 0 Å². The molecular formula is C17H21NO. The molecule has 1 fully saturated rings. The van der Waals surface area contributed by atoms with Gasteiger partial charge in [-0.25, -0.2) is 0 Å². The fraction of sp³-hybridized carbons (Fsp3) is 0.588. The van der Waals surface area contributed by atoms with Crippen LogP contribution in [0.4, 0.5) is 0 Å². The van der Waals surface area contributed by atoms with Crippen molar-refractivity contribution in [2.75, 3.05) is 0 Å². The Morgan fingerprint density at radius 1 is 1.26 bits per heavy atom. The Morgan fingerprint density at radius 2 is 2.00 bits per heavy atom. The molecule has 0 bridgehead atoms. The van der Waals surface area contributed by atoms with Gasteiger partial charge in [0.25, 0.3) is 0 Å². The van der Waals surface area contributed by atoms with E-state index in [1.54, 1.807) is 0 Å². The molecule has 0 unspecified atom stereocenters. The molecule has 3 atom stereocenters. The predicted molar refractivity (Wildman–Crippen MR) is 74.6 cm³/mol. The topological polar surface area (TPSA) is 44.0 Å². The summed E-state index contributed by atoms with van der Waals surface area (Å²) < 4.78 is 0. The maximum absolute atomic E-state index is 10.8. The smallest absolute Gasteiger partial charge is 0.0991 e. The van der Waals surface area contributed by atoms with Crippen molar-refractivity contribution in [1.29, 1.82) is 5.26 Å². The van der Waals surface area contributed by atoms with Gasteiger partial charge in [-0.1, -0.05) is 33.3 Å². The Kier molecular flexibility index (Phi) is 2.56. The largest absolute Gasteiger partial charge is 0.388 e. The molecule has 1 aromatic carbocycles. The highest BCUT2D eigenvalue weighted by molar-refractivity contribution is 5.48. The molecule has 100 valence electrons. The van der Waals surface area contributed by atoms with E-state index >= 15 is 0 Å². The molecule has 0 amide bonds. The van der Waals surface area contributed by atoms with Crippen LogP contribution in [0.1, 0.15) is 62.8 Å². The summed E-state index contributed by atoms with van der Waals surface area (Å²) in [7, 11) is 0. The SMILES string of the molecule is CC1(C)CCC[C@@]2(C)c3cc(C#N)ccc3[C@H](O)[C@@H]12. The first-order valence-electron chi connectivity index (χ1n) is 7.13. The number of rotatable bonds is 0. The van der Waals surface area contributed by atoms with Gasteiger partial charge in [0.15, 0.2) is 0 Å². The summed E-state index contributed by atoms with van der Waals surface area (Å²) in [5.41, 5.74) is 3.12. The van der Waals surface area contributed by atoms with E-state index in [2.05, 4.69) is 26.8 Å². The minimum Gasteiger partial charge on any atom is -0.388 e. The molecule has 1 N–H and O–H groups in total. The molecular weight excluding hydrogens is 234 g/mol. The quantitative estimate of drug-likeness (QED) is 0.768. The Balaban J connectivity index is 2.20. The maximum atomic E-state index is 10.8. The lowest BCUT2D eigenvalue weighted by molar-refractivity contribution is -0.0272. The zero-order valence-electron chi connectivity index (χ0n) is 11.9. The molecule has 2 aliphatic rings. The molecule has 0 saturated heterocycles. The third kappa shape index (κ3) is 1.58. The van der Waals surface area contributed by atoms with Gasteiger partial charge in [0.2, 0.25) is 0 Å². The van der Waals surface area contributed by atoms with Gasteiger partial charge in [-0.3, -0.25) is 0 Å². The molecule has 2 aliphatic carbocycles. The number of fused-ring (bicyclic) bond motifs is 3. The molecule has 1 saturated carbocycles. The van der Waals surface area contributed by atoms with Crippen molar-refractivity contribution in [1.82, 2.24) is 0 Å². The summed E-state index contributed by atoms with van der Waals surface area (Å²) in [5, 5.41) is 19.9. The van der Waals surface area contributed by atoms with Crippen LogP contribution in [-0.4, -0.2) is 5.11 Å². The Morgan fingerprint density at radius 3 is 2.68 bits per heavy atom. The van der Waals surface area contributed by atoms with Gasteiger partial charge < -0.3 is 5.11 Å². The monoisotopic (exact) mass is 255 g/mol. The first-order valence-corrected chi connectivity index (χ1v) is 7.13. The van der Waals surface area contributed by atoms with E-state index in [4.69, 9.17) is 5.26 Å². The van der Waals surface area contributed by atoms with Crippen molar-refractivity contribution < 1.29 is 5.11 Å². The van der Waals surface area contributed by atoms with E-state index in [-0.39, 0.29) is 22.9 Å². The van der Waals surface area contributed by atoms with Gasteiger partial charge >= 0.3 is 0 Å². The summed E-state index contributed by atoms with van der Waals surface area (Å²) in [6.07, 6.45) is 3.09. The van der Waals surface area contributed by atoms with Gasteiger partial charge in [-0.2, -0.15) is 5.26 Å². The van der Waals surface area contributed by atoms with E-state index in [0.717, 1.165) is 12.0 Å². The number of benzene rings is 1. The average molecular weight is 255 g/mol. The fourth-order valence-electron chi connectivity index (χ4n) is 4.72. The lowest BCUT2D eigenvalue weighted by Crippen LogP contribution is -2.43. The fourth-order valence-corrected chi connectivity index (χ4v) is 4.72. The molecule has 0 aromatic heterocycles. The number of nitrogens with zero attached hydrogens (tertiary/aromatic N) is 1. The summed E-state index contributed by atoms with van der Waals surface area (Å²) in [6.45, 7) is 6.82. The Hall–Kier alpha value is -1.33. The minimum atomic E-state index is -0.386. The number of aliphatic hydroxyl groups excluding tert-OH is 1. The van der Waals surface area contributed by atoms with Crippen LogP contribution in [0.15, 0.2) is 18.2 Å².